The first-order valence-corrected chi connectivity index (χ1v) is 8.78. The fraction of sp³-hybridized carbons (Fsp3) is 0.750. The maximum absolute atomic E-state index is 12.0. The Morgan fingerprint density at radius 2 is 2.20 bits per heavy atom. The second-order valence-corrected chi connectivity index (χ2v) is 7.29. The summed E-state index contributed by atoms with van der Waals surface area (Å²) in [6.45, 7) is 6.97. The molecule has 0 aromatic carbocycles. The third-order valence-electron chi connectivity index (χ3n) is 3.40. The first-order valence-electron chi connectivity index (χ1n) is 6.89. The normalized spacial score (nSPS) is 20.4. The minimum Gasteiger partial charge on any atom is -0.383 e. The average molecular weight is 301 g/mol. The van der Waals surface area contributed by atoms with E-state index >= 15 is 0 Å². The lowest BCUT2D eigenvalue weighted by Gasteiger charge is -2.32. The summed E-state index contributed by atoms with van der Waals surface area (Å²) >= 11 is 0. The van der Waals surface area contributed by atoms with Crippen molar-refractivity contribution in [2.45, 2.75) is 37.8 Å². The maximum atomic E-state index is 12.0. The third kappa shape index (κ3) is 2.90. The molecular weight excluding hydrogens is 278 g/mol. The van der Waals surface area contributed by atoms with Gasteiger partial charge < -0.3 is 16.0 Å². The van der Waals surface area contributed by atoms with E-state index in [4.69, 9.17) is 5.73 Å². The molecule has 0 spiro atoms. The highest BCUT2D eigenvalue weighted by molar-refractivity contribution is 7.91. The van der Waals surface area contributed by atoms with Crippen molar-refractivity contribution in [3.8, 4) is 0 Å². The van der Waals surface area contributed by atoms with Crippen molar-refractivity contribution in [1.82, 2.24) is 15.1 Å². The number of aryl methyl sites for hydroxylation is 1. The molecule has 1 aliphatic rings. The Labute approximate surface area is 120 Å². The van der Waals surface area contributed by atoms with Crippen molar-refractivity contribution in [2.75, 3.05) is 36.5 Å². The SMILES string of the molecule is CCCn1nc(N2CCN[C@H](C)C2)c(S(C)(=O)=O)c1N. The molecule has 0 bridgehead atoms. The molecule has 8 heteroatoms. The van der Waals surface area contributed by atoms with Gasteiger partial charge in [-0.05, 0) is 13.3 Å². The molecule has 114 valence electrons. The number of aromatic nitrogens is 2. The Morgan fingerprint density at radius 1 is 1.50 bits per heavy atom. The van der Waals surface area contributed by atoms with E-state index < -0.39 is 9.84 Å². The summed E-state index contributed by atoms with van der Waals surface area (Å²) in [6.07, 6.45) is 2.04. The van der Waals surface area contributed by atoms with E-state index in [0.717, 1.165) is 26.1 Å². The zero-order chi connectivity index (χ0) is 14.9. The van der Waals surface area contributed by atoms with Crippen molar-refractivity contribution in [2.24, 2.45) is 0 Å². The van der Waals surface area contributed by atoms with E-state index in [-0.39, 0.29) is 10.7 Å². The molecule has 1 saturated heterocycles. The molecule has 1 aromatic rings. The summed E-state index contributed by atoms with van der Waals surface area (Å²) in [5, 5.41) is 7.76. The van der Waals surface area contributed by atoms with Crippen molar-refractivity contribution < 1.29 is 8.42 Å². The number of anilines is 2. The van der Waals surface area contributed by atoms with E-state index in [1.165, 1.54) is 6.26 Å². The minimum atomic E-state index is -3.40. The molecule has 1 aromatic heterocycles. The van der Waals surface area contributed by atoms with Gasteiger partial charge in [-0.15, -0.1) is 0 Å². The van der Waals surface area contributed by atoms with Gasteiger partial charge in [-0.2, -0.15) is 5.10 Å². The van der Waals surface area contributed by atoms with Gasteiger partial charge in [0.25, 0.3) is 0 Å². The molecular formula is C12H23N5O2S. The molecule has 1 aliphatic heterocycles. The van der Waals surface area contributed by atoms with Crippen LogP contribution in [-0.4, -0.2) is 50.1 Å². The Kier molecular flexibility index (Phi) is 4.24. The Morgan fingerprint density at radius 3 is 2.75 bits per heavy atom. The Bertz CT molecular complexity index is 581. The van der Waals surface area contributed by atoms with Gasteiger partial charge in [0.1, 0.15) is 5.82 Å². The second kappa shape index (κ2) is 5.61. The summed E-state index contributed by atoms with van der Waals surface area (Å²) in [6, 6.07) is 0.300. The molecule has 20 heavy (non-hydrogen) atoms. The van der Waals surface area contributed by atoms with E-state index in [2.05, 4.69) is 17.3 Å². The zero-order valence-electron chi connectivity index (χ0n) is 12.3. The molecule has 1 atom stereocenters. The van der Waals surface area contributed by atoms with Gasteiger partial charge >= 0.3 is 0 Å². The lowest BCUT2D eigenvalue weighted by Crippen LogP contribution is -2.49. The topological polar surface area (TPSA) is 93.2 Å². The fourth-order valence-corrected chi connectivity index (χ4v) is 3.50. The lowest BCUT2D eigenvalue weighted by atomic mass is 10.2. The summed E-state index contributed by atoms with van der Waals surface area (Å²) in [4.78, 5) is 2.17. The quantitative estimate of drug-likeness (QED) is 0.818. The number of nitrogen functional groups attached to an aromatic ring is 1. The van der Waals surface area contributed by atoms with Gasteiger partial charge in [0.2, 0.25) is 0 Å². The average Bonchev–Trinajstić information content (AvgIpc) is 2.67. The summed E-state index contributed by atoms with van der Waals surface area (Å²) in [5.74, 6) is 0.738. The second-order valence-electron chi connectivity index (χ2n) is 5.33. The standard InChI is InChI=1S/C12H23N5O2S/c1-4-6-17-11(13)10(20(3,18)19)12(15-17)16-7-5-14-9(2)8-16/h9,14H,4-8,13H2,1-3H3/t9-/m1/s1. The first-order chi connectivity index (χ1) is 9.34. The molecule has 2 rings (SSSR count). The van der Waals surface area contributed by atoms with Gasteiger partial charge in [-0.1, -0.05) is 6.92 Å². The van der Waals surface area contributed by atoms with Gasteiger partial charge in [0, 0.05) is 38.5 Å². The predicted molar refractivity (Wildman–Crippen MR) is 79.7 cm³/mol. The number of sulfone groups is 1. The van der Waals surface area contributed by atoms with E-state index in [1.807, 2.05) is 11.8 Å². The van der Waals surface area contributed by atoms with Crippen LogP contribution < -0.4 is 16.0 Å². The number of nitrogens with one attached hydrogen (secondary N) is 1. The van der Waals surface area contributed by atoms with Crippen molar-refractivity contribution in [3.05, 3.63) is 0 Å². The highest BCUT2D eigenvalue weighted by Crippen LogP contribution is 2.30. The number of rotatable bonds is 4. The van der Waals surface area contributed by atoms with Crippen molar-refractivity contribution in [1.29, 1.82) is 0 Å². The molecule has 3 N–H and O–H groups in total. The van der Waals surface area contributed by atoms with E-state index in [9.17, 15) is 8.42 Å². The summed E-state index contributed by atoms with van der Waals surface area (Å²) < 4.78 is 25.7. The number of nitrogens with two attached hydrogens (primary N) is 1. The summed E-state index contributed by atoms with van der Waals surface area (Å²) in [7, 11) is -3.40. The van der Waals surface area contributed by atoms with Crippen LogP contribution in [0, 0.1) is 0 Å². The van der Waals surface area contributed by atoms with Crippen LogP contribution in [0.15, 0.2) is 4.90 Å². The number of hydrogen-bond donors (Lipinski definition) is 2. The van der Waals surface area contributed by atoms with Gasteiger partial charge in [0.15, 0.2) is 20.6 Å². The van der Waals surface area contributed by atoms with E-state index in [0.29, 0.717) is 18.4 Å². The van der Waals surface area contributed by atoms with Crippen molar-refractivity contribution in [3.63, 3.8) is 0 Å². The zero-order valence-corrected chi connectivity index (χ0v) is 13.1. The largest absolute Gasteiger partial charge is 0.383 e. The van der Waals surface area contributed by atoms with Gasteiger partial charge in [-0.25, -0.2) is 13.1 Å². The predicted octanol–water partition coefficient (Wildman–Crippen LogP) is 0.0769. The molecule has 1 fully saturated rings. The minimum absolute atomic E-state index is 0.167. The van der Waals surface area contributed by atoms with Crippen LogP contribution in [0.4, 0.5) is 11.6 Å². The number of hydrogen-bond acceptors (Lipinski definition) is 6. The Hall–Kier alpha value is -1.28. The molecule has 0 amide bonds. The fourth-order valence-electron chi connectivity index (χ4n) is 2.51. The molecule has 0 radical (unpaired) electrons. The van der Waals surface area contributed by atoms with Crippen LogP contribution in [-0.2, 0) is 16.4 Å². The smallest absolute Gasteiger partial charge is 0.182 e. The Balaban J connectivity index is 2.48. The van der Waals surface area contributed by atoms with E-state index in [1.54, 1.807) is 4.68 Å². The lowest BCUT2D eigenvalue weighted by molar-refractivity contribution is 0.478. The summed E-state index contributed by atoms with van der Waals surface area (Å²) in [5.41, 5.74) is 6.00. The van der Waals surface area contributed by atoms with Crippen LogP contribution in [0.3, 0.4) is 0 Å². The molecule has 7 nitrogen and oxygen atoms in total. The monoisotopic (exact) mass is 301 g/mol. The molecule has 0 aliphatic carbocycles. The molecule has 0 saturated carbocycles. The van der Waals surface area contributed by atoms with Crippen LogP contribution in [0.2, 0.25) is 0 Å². The third-order valence-corrected chi connectivity index (χ3v) is 4.54. The molecule has 2 heterocycles. The maximum Gasteiger partial charge on any atom is 0.182 e. The number of piperazine rings is 1. The van der Waals surface area contributed by atoms with Crippen LogP contribution in [0.25, 0.3) is 0 Å². The first kappa shape index (κ1) is 15.1. The van der Waals surface area contributed by atoms with Crippen LogP contribution in [0.5, 0.6) is 0 Å². The molecule has 0 unspecified atom stereocenters. The highest BCUT2D eigenvalue weighted by atomic mass is 32.2. The van der Waals surface area contributed by atoms with Gasteiger partial charge in [0.05, 0.1) is 0 Å². The van der Waals surface area contributed by atoms with Crippen LogP contribution in [0.1, 0.15) is 20.3 Å². The highest BCUT2D eigenvalue weighted by Gasteiger charge is 2.29. The van der Waals surface area contributed by atoms with Crippen molar-refractivity contribution >= 4 is 21.5 Å². The number of nitrogens with zero attached hydrogens (tertiary/aromatic N) is 3. The van der Waals surface area contributed by atoms with Crippen LogP contribution >= 0.6 is 0 Å². The van der Waals surface area contributed by atoms with Gasteiger partial charge in [-0.3, -0.25) is 0 Å².